The molecule has 0 N–H and O–H groups in total. The lowest BCUT2D eigenvalue weighted by Crippen LogP contribution is -1.86. The molecule has 2 heterocycles. The van der Waals surface area contributed by atoms with Crippen molar-refractivity contribution in [2.75, 3.05) is 0 Å². The smallest absolute Gasteiger partial charge is 0.0842 e. The molecule has 2 aromatic heterocycles. The van der Waals surface area contributed by atoms with E-state index in [-0.39, 0.29) is 0 Å². The highest BCUT2D eigenvalue weighted by molar-refractivity contribution is 9.08. The van der Waals surface area contributed by atoms with Crippen LogP contribution in [0, 0.1) is 0 Å². The van der Waals surface area contributed by atoms with Crippen molar-refractivity contribution < 1.29 is 0 Å². The fraction of sp³-hybridized carbons (Fsp3) is 0.100. The Labute approximate surface area is 89.6 Å². The molecule has 0 bridgehead atoms. The Morgan fingerprint density at radius 1 is 1.31 bits per heavy atom. The van der Waals surface area contributed by atoms with Gasteiger partial charge in [-0.15, -0.1) is 11.3 Å². The lowest BCUT2D eigenvalue weighted by atomic mass is 10.2. The minimum absolute atomic E-state index is 0.855. The van der Waals surface area contributed by atoms with Crippen molar-refractivity contribution in [3.63, 3.8) is 0 Å². The Morgan fingerprint density at radius 3 is 2.92 bits per heavy atom. The summed E-state index contributed by atoms with van der Waals surface area (Å²) in [6, 6.07) is 8.20. The average molecular weight is 254 g/mol. The zero-order valence-electron chi connectivity index (χ0n) is 6.90. The summed E-state index contributed by atoms with van der Waals surface area (Å²) in [4.78, 5) is 5.60. The van der Waals surface area contributed by atoms with Crippen LogP contribution in [0.1, 0.15) is 5.56 Å². The first-order valence-corrected chi connectivity index (χ1v) is 5.95. The van der Waals surface area contributed by atoms with E-state index in [4.69, 9.17) is 0 Å². The van der Waals surface area contributed by atoms with Crippen LogP contribution in [-0.4, -0.2) is 4.98 Å². The number of halogens is 1. The van der Waals surface area contributed by atoms with Gasteiger partial charge in [0.1, 0.15) is 0 Å². The third-order valence-corrected chi connectivity index (χ3v) is 3.27. The molecule has 13 heavy (non-hydrogen) atoms. The fourth-order valence-electron chi connectivity index (χ4n) is 1.18. The summed E-state index contributed by atoms with van der Waals surface area (Å²) in [6.45, 7) is 0. The molecule has 66 valence electrons. The summed E-state index contributed by atoms with van der Waals surface area (Å²) in [5.74, 6) is 0. The molecule has 0 amide bonds. The van der Waals surface area contributed by atoms with E-state index >= 15 is 0 Å². The van der Waals surface area contributed by atoms with Crippen molar-refractivity contribution in [1.29, 1.82) is 0 Å². The molecule has 2 rings (SSSR count). The monoisotopic (exact) mass is 253 g/mol. The second kappa shape index (κ2) is 4.03. The van der Waals surface area contributed by atoms with Crippen LogP contribution in [0.15, 0.2) is 35.8 Å². The van der Waals surface area contributed by atoms with E-state index in [0.29, 0.717) is 0 Å². The maximum Gasteiger partial charge on any atom is 0.0842 e. The topological polar surface area (TPSA) is 12.9 Å². The number of nitrogens with zero attached hydrogens (tertiary/aromatic N) is 1. The van der Waals surface area contributed by atoms with Gasteiger partial charge in [-0.05, 0) is 23.1 Å². The van der Waals surface area contributed by atoms with Crippen LogP contribution in [0.2, 0.25) is 0 Å². The predicted molar refractivity (Wildman–Crippen MR) is 60.2 cm³/mol. The van der Waals surface area contributed by atoms with Crippen LogP contribution in [-0.2, 0) is 5.33 Å². The van der Waals surface area contributed by atoms with Gasteiger partial charge >= 0.3 is 0 Å². The van der Waals surface area contributed by atoms with E-state index < -0.39 is 0 Å². The summed E-state index contributed by atoms with van der Waals surface area (Å²) in [7, 11) is 0. The van der Waals surface area contributed by atoms with Crippen molar-refractivity contribution in [1.82, 2.24) is 4.98 Å². The van der Waals surface area contributed by atoms with Crippen LogP contribution < -0.4 is 0 Å². The molecule has 0 aliphatic rings. The lowest BCUT2D eigenvalue weighted by molar-refractivity contribution is 1.27. The molecule has 0 spiro atoms. The highest BCUT2D eigenvalue weighted by Gasteiger charge is 2.04. The molecule has 0 saturated heterocycles. The number of pyridine rings is 1. The normalized spacial score (nSPS) is 10.2. The Balaban J connectivity index is 2.51. The molecule has 0 saturated carbocycles. The molecular weight excluding hydrogens is 246 g/mol. The van der Waals surface area contributed by atoms with Crippen molar-refractivity contribution >= 4 is 27.3 Å². The predicted octanol–water partition coefficient (Wildman–Crippen LogP) is 3.71. The number of thiophene rings is 1. The Hall–Kier alpha value is -0.670. The van der Waals surface area contributed by atoms with Gasteiger partial charge in [0.25, 0.3) is 0 Å². The number of hydrogen-bond acceptors (Lipinski definition) is 2. The minimum Gasteiger partial charge on any atom is -0.255 e. The maximum absolute atomic E-state index is 4.37. The Kier molecular flexibility index (Phi) is 2.76. The maximum atomic E-state index is 4.37. The largest absolute Gasteiger partial charge is 0.255 e. The van der Waals surface area contributed by atoms with E-state index in [1.165, 1.54) is 10.4 Å². The third-order valence-electron chi connectivity index (χ3n) is 1.79. The zero-order valence-corrected chi connectivity index (χ0v) is 9.31. The Morgan fingerprint density at radius 2 is 2.23 bits per heavy atom. The molecule has 0 fully saturated rings. The van der Waals surface area contributed by atoms with E-state index in [0.717, 1.165) is 11.0 Å². The summed E-state index contributed by atoms with van der Waals surface area (Å²) < 4.78 is 0. The van der Waals surface area contributed by atoms with Crippen molar-refractivity contribution in [2.45, 2.75) is 5.33 Å². The molecule has 0 unspecified atom stereocenters. The van der Waals surface area contributed by atoms with Crippen molar-refractivity contribution in [3.8, 4) is 10.6 Å². The summed E-state index contributed by atoms with van der Waals surface area (Å²) >= 11 is 5.18. The molecule has 2 aromatic rings. The third kappa shape index (κ3) is 1.81. The lowest BCUT2D eigenvalue weighted by Gasteiger charge is -2.01. The van der Waals surface area contributed by atoms with Gasteiger partial charge < -0.3 is 0 Å². The molecule has 0 radical (unpaired) electrons. The van der Waals surface area contributed by atoms with Crippen molar-refractivity contribution in [3.05, 3.63) is 41.4 Å². The van der Waals surface area contributed by atoms with Gasteiger partial charge in [-0.1, -0.05) is 28.1 Å². The van der Waals surface area contributed by atoms with E-state index in [1.54, 1.807) is 11.3 Å². The first-order valence-electron chi connectivity index (χ1n) is 3.95. The molecule has 0 atom stereocenters. The van der Waals surface area contributed by atoms with Crippen LogP contribution in [0.5, 0.6) is 0 Å². The molecule has 1 nitrogen and oxygen atoms in total. The second-order valence-electron chi connectivity index (χ2n) is 2.62. The Bertz CT molecular complexity index is 384. The van der Waals surface area contributed by atoms with Gasteiger partial charge in [0.15, 0.2) is 0 Å². The molecule has 0 aromatic carbocycles. The summed E-state index contributed by atoms with van der Waals surface area (Å²) in [6.07, 6.45) is 1.83. The van der Waals surface area contributed by atoms with Crippen LogP contribution >= 0.6 is 27.3 Å². The van der Waals surface area contributed by atoms with Crippen LogP contribution in [0.3, 0.4) is 0 Å². The highest BCUT2D eigenvalue weighted by atomic mass is 79.9. The number of alkyl halides is 1. The molecule has 0 aliphatic heterocycles. The first-order chi connectivity index (χ1) is 6.42. The van der Waals surface area contributed by atoms with Gasteiger partial charge in [-0.3, -0.25) is 4.98 Å². The quantitative estimate of drug-likeness (QED) is 0.744. The average Bonchev–Trinajstić information content (AvgIpc) is 2.70. The van der Waals surface area contributed by atoms with Crippen molar-refractivity contribution in [2.24, 2.45) is 0 Å². The van der Waals surface area contributed by atoms with Crippen LogP contribution in [0.25, 0.3) is 10.6 Å². The highest BCUT2D eigenvalue weighted by Crippen LogP contribution is 2.26. The number of rotatable bonds is 2. The van der Waals surface area contributed by atoms with E-state index in [2.05, 4.69) is 38.4 Å². The number of aromatic nitrogens is 1. The standard InChI is InChI=1S/C10H8BrNS/c11-7-8-3-1-5-12-10(8)9-4-2-6-13-9/h1-6H,7H2. The fourth-order valence-corrected chi connectivity index (χ4v) is 2.39. The van der Waals surface area contributed by atoms with Gasteiger partial charge in [0.2, 0.25) is 0 Å². The van der Waals surface area contributed by atoms with Crippen LogP contribution in [0.4, 0.5) is 0 Å². The summed E-state index contributed by atoms with van der Waals surface area (Å²) in [5, 5.41) is 2.93. The summed E-state index contributed by atoms with van der Waals surface area (Å²) in [5.41, 5.74) is 2.33. The minimum atomic E-state index is 0.855. The molecule has 0 aliphatic carbocycles. The van der Waals surface area contributed by atoms with Gasteiger partial charge in [-0.2, -0.15) is 0 Å². The van der Waals surface area contributed by atoms with E-state index in [1.807, 2.05) is 18.3 Å². The second-order valence-corrected chi connectivity index (χ2v) is 4.13. The van der Waals surface area contributed by atoms with Gasteiger partial charge in [-0.25, -0.2) is 0 Å². The molecule has 3 heteroatoms. The molecular formula is C10H8BrNS. The van der Waals surface area contributed by atoms with Gasteiger partial charge in [0, 0.05) is 11.5 Å². The number of hydrogen-bond donors (Lipinski definition) is 0. The zero-order chi connectivity index (χ0) is 9.10. The SMILES string of the molecule is BrCc1cccnc1-c1cccs1. The van der Waals surface area contributed by atoms with Gasteiger partial charge in [0.05, 0.1) is 10.6 Å². The van der Waals surface area contributed by atoms with E-state index in [9.17, 15) is 0 Å². The first kappa shape index (κ1) is 8.91.